The molecule has 0 aliphatic rings. The maximum absolute atomic E-state index is 13.5. The third kappa shape index (κ3) is 6.23. The van der Waals surface area contributed by atoms with E-state index in [0.29, 0.717) is 12.4 Å². The van der Waals surface area contributed by atoms with E-state index < -0.39 is 17.6 Å². The van der Waals surface area contributed by atoms with Gasteiger partial charge in [-0.15, -0.1) is 0 Å². The number of amides is 1. The lowest BCUT2D eigenvalue weighted by Crippen LogP contribution is -2.16. The fraction of sp³-hybridized carbons (Fsp3) is 0.125. The van der Waals surface area contributed by atoms with Crippen molar-refractivity contribution in [3.8, 4) is 5.88 Å². The Labute approximate surface area is 203 Å². The molecule has 0 aliphatic carbocycles. The zero-order valence-electron chi connectivity index (χ0n) is 18.9. The molecule has 12 heteroatoms. The molecule has 0 atom stereocenters. The van der Waals surface area contributed by atoms with Crippen molar-refractivity contribution in [3.05, 3.63) is 90.0 Å². The van der Waals surface area contributed by atoms with Crippen LogP contribution in [0.25, 0.3) is 0 Å². The summed E-state index contributed by atoms with van der Waals surface area (Å²) < 4.78 is 45.7. The van der Waals surface area contributed by atoms with Gasteiger partial charge in [-0.25, -0.2) is 19.9 Å². The molecule has 1 amide bonds. The number of methoxy groups -OCH3 is 1. The van der Waals surface area contributed by atoms with Crippen molar-refractivity contribution in [1.82, 2.24) is 19.9 Å². The van der Waals surface area contributed by atoms with Crippen molar-refractivity contribution in [2.45, 2.75) is 12.7 Å². The highest BCUT2D eigenvalue weighted by atomic mass is 19.4. The summed E-state index contributed by atoms with van der Waals surface area (Å²) in [5, 5.41) is 8.30. The van der Waals surface area contributed by atoms with Crippen molar-refractivity contribution in [2.24, 2.45) is 0 Å². The predicted molar refractivity (Wildman–Crippen MR) is 127 cm³/mol. The fourth-order valence-corrected chi connectivity index (χ4v) is 3.21. The molecule has 184 valence electrons. The number of benzene rings is 1. The smallest absolute Gasteiger partial charge is 0.416 e. The van der Waals surface area contributed by atoms with E-state index in [2.05, 4.69) is 35.9 Å². The Bertz CT molecular complexity index is 1350. The molecule has 4 aromatic rings. The van der Waals surface area contributed by atoms with Gasteiger partial charge in [0.05, 0.1) is 18.2 Å². The quantitative estimate of drug-likeness (QED) is 0.316. The Balaban J connectivity index is 1.56. The Morgan fingerprint density at radius 2 is 1.67 bits per heavy atom. The average Bonchev–Trinajstić information content (AvgIpc) is 2.87. The fourth-order valence-electron chi connectivity index (χ4n) is 3.21. The number of nitrogens with zero attached hydrogens (tertiary/aromatic N) is 4. The van der Waals surface area contributed by atoms with E-state index in [1.54, 1.807) is 30.5 Å². The van der Waals surface area contributed by atoms with Crippen LogP contribution in [0, 0.1) is 0 Å². The highest BCUT2D eigenvalue weighted by molar-refractivity contribution is 6.07. The normalized spacial score (nSPS) is 11.0. The highest BCUT2D eigenvalue weighted by Crippen LogP contribution is 2.34. The molecule has 3 heterocycles. The van der Waals surface area contributed by atoms with Gasteiger partial charge in [0.2, 0.25) is 11.8 Å². The molecule has 0 saturated carbocycles. The summed E-state index contributed by atoms with van der Waals surface area (Å²) in [5.41, 5.74) is 0.0201. The van der Waals surface area contributed by atoms with Crippen molar-refractivity contribution in [3.63, 3.8) is 0 Å². The third-order valence-corrected chi connectivity index (χ3v) is 4.86. The second kappa shape index (κ2) is 10.7. The van der Waals surface area contributed by atoms with E-state index in [9.17, 15) is 18.0 Å². The van der Waals surface area contributed by atoms with Crippen LogP contribution in [0.15, 0.2) is 73.3 Å². The van der Waals surface area contributed by atoms with Gasteiger partial charge in [0, 0.05) is 48.8 Å². The Hall–Kier alpha value is -4.74. The lowest BCUT2D eigenvalue weighted by atomic mass is 10.1. The summed E-state index contributed by atoms with van der Waals surface area (Å²) in [5.74, 6) is 0.164. The topological polar surface area (TPSA) is 114 Å². The summed E-state index contributed by atoms with van der Waals surface area (Å²) in [6.07, 6.45) is 1.34. The second-order valence-electron chi connectivity index (χ2n) is 7.41. The maximum Gasteiger partial charge on any atom is 0.416 e. The number of carbonyl (C=O) groups excluding carboxylic acids is 1. The van der Waals surface area contributed by atoms with Gasteiger partial charge in [0.25, 0.3) is 5.91 Å². The van der Waals surface area contributed by atoms with E-state index in [4.69, 9.17) is 4.74 Å². The highest BCUT2D eigenvalue weighted by Gasteiger charge is 2.31. The van der Waals surface area contributed by atoms with E-state index in [1.807, 2.05) is 0 Å². The summed E-state index contributed by atoms with van der Waals surface area (Å²) in [7, 11) is 1.50. The molecule has 0 bridgehead atoms. The van der Waals surface area contributed by atoms with E-state index in [1.165, 1.54) is 37.8 Å². The van der Waals surface area contributed by atoms with Crippen LogP contribution in [0.1, 0.15) is 21.5 Å². The molecule has 4 rings (SSSR count). The number of ether oxygens (including phenoxy) is 1. The van der Waals surface area contributed by atoms with Crippen molar-refractivity contribution < 1.29 is 22.7 Å². The van der Waals surface area contributed by atoms with Gasteiger partial charge < -0.3 is 20.7 Å². The zero-order chi connectivity index (χ0) is 25.5. The predicted octanol–water partition coefficient (Wildman–Crippen LogP) is 4.90. The number of pyridine rings is 2. The molecule has 0 fully saturated rings. The first-order chi connectivity index (χ1) is 17.3. The van der Waals surface area contributed by atoms with E-state index in [-0.39, 0.29) is 28.7 Å². The number of rotatable bonds is 8. The number of alkyl halides is 3. The molecule has 3 N–H and O–H groups in total. The largest absolute Gasteiger partial charge is 0.481 e. The monoisotopic (exact) mass is 495 g/mol. The maximum atomic E-state index is 13.5. The number of halogens is 3. The number of hydrogen-bond donors (Lipinski definition) is 3. The molecule has 0 radical (unpaired) electrons. The van der Waals surface area contributed by atoms with Crippen LogP contribution in [0.5, 0.6) is 5.88 Å². The molecule has 9 nitrogen and oxygen atoms in total. The number of hydrogen-bond acceptors (Lipinski definition) is 8. The van der Waals surface area contributed by atoms with Gasteiger partial charge in [0.15, 0.2) is 0 Å². The van der Waals surface area contributed by atoms with Crippen molar-refractivity contribution in [2.75, 3.05) is 23.1 Å². The first-order valence-electron chi connectivity index (χ1n) is 10.6. The molecular weight excluding hydrogens is 475 g/mol. The van der Waals surface area contributed by atoms with E-state index >= 15 is 0 Å². The third-order valence-electron chi connectivity index (χ3n) is 4.86. The average molecular weight is 495 g/mol. The van der Waals surface area contributed by atoms with Gasteiger partial charge in [-0.3, -0.25) is 4.79 Å². The summed E-state index contributed by atoms with van der Waals surface area (Å²) in [6.45, 7) is 0.310. The molecule has 0 aliphatic heterocycles. The van der Waals surface area contributed by atoms with Gasteiger partial charge in [-0.2, -0.15) is 13.2 Å². The standard InChI is InChI=1S/C24H20F3N7O2/c1-36-20-10-15(5-9-28-20)14-32-21-19(4-2-6-29-21)22(35)33-17-11-16(24(25,26)27)12-18(13-17)34-23-30-7-3-8-31-23/h2-13H,14H2,1H3,(H,29,32)(H,33,35)(H,30,31,34). The first kappa shape index (κ1) is 24.4. The van der Waals surface area contributed by atoms with Gasteiger partial charge in [0.1, 0.15) is 5.82 Å². The van der Waals surface area contributed by atoms with Crippen LogP contribution in [0.2, 0.25) is 0 Å². The van der Waals surface area contributed by atoms with Crippen LogP contribution in [-0.4, -0.2) is 33.0 Å². The number of nitrogens with one attached hydrogen (secondary N) is 3. The Morgan fingerprint density at radius 3 is 2.42 bits per heavy atom. The summed E-state index contributed by atoms with van der Waals surface area (Å²) in [4.78, 5) is 29.2. The van der Waals surface area contributed by atoms with Crippen LogP contribution in [0.3, 0.4) is 0 Å². The van der Waals surface area contributed by atoms with E-state index in [0.717, 1.165) is 17.7 Å². The molecule has 0 saturated heterocycles. The molecule has 3 aromatic heterocycles. The Morgan fingerprint density at radius 1 is 0.917 bits per heavy atom. The van der Waals surface area contributed by atoms with Crippen molar-refractivity contribution >= 4 is 29.0 Å². The molecule has 1 aromatic carbocycles. The van der Waals surface area contributed by atoms with Gasteiger partial charge in [-0.1, -0.05) is 0 Å². The lowest BCUT2D eigenvalue weighted by molar-refractivity contribution is -0.137. The molecule has 0 spiro atoms. The van der Waals surface area contributed by atoms with Crippen LogP contribution in [0.4, 0.5) is 36.3 Å². The first-order valence-corrected chi connectivity index (χ1v) is 10.6. The van der Waals surface area contributed by atoms with Gasteiger partial charge >= 0.3 is 6.18 Å². The van der Waals surface area contributed by atoms with Crippen molar-refractivity contribution in [1.29, 1.82) is 0 Å². The van der Waals surface area contributed by atoms with Crippen LogP contribution < -0.4 is 20.7 Å². The minimum atomic E-state index is -4.64. The molecule has 0 unspecified atom stereocenters. The second-order valence-corrected chi connectivity index (χ2v) is 7.41. The lowest BCUT2D eigenvalue weighted by Gasteiger charge is -2.15. The minimum Gasteiger partial charge on any atom is -0.481 e. The minimum absolute atomic E-state index is 0.0579. The zero-order valence-corrected chi connectivity index (χ0v) is 18.9. The number of anilines is 4. The van der Waals surface area contributed by atoms with Gasteiger partial charge in [-0.05, 0) is 48.0 Å². The number of carbonyl (C=O) groups is 1. The Kier molecular flexibility index (Phi) is 7.23. The molecule has 36 heavy (non-hydrogen) atoms. The number of aromatic nitrogens is 4. The van der Waals surface area contributed by atoms with Crippen LogP contribution >= 0.6 is 0 Å². The molecular formula is C24H20F3N7O2. The summed E-state index contributed by atoms with van der Waals surface area (Å²) in [6, 6.07) is 11.3. The SMILES string of the molecule is COc1cc(CNc2ncccc2C(=O)Nc2cc(Nc3ncccn3)cc(C(F)(F)F)c2)ccn1. The summed E-state index contributed by atoms with van der Waals surface area (Å²) >= 11 is 0. The van der Waals surface area contributed by atoms with Crippen LogP contribution in [-0.2, 0) is 12.7 Å².